The third kappa shape index (κ3) is 4.67. The summed E-state index contributed by atoms with van der Waals surface area (Å²) in [6, 6.07) is 3.27. The van der Waals surface area contributed by atoms with Gasteiger partial charge in [-0.05, 0) is 38.0 Å². The van der Waals surface area contributed by atoms with Crippen LogP contribution in [0.25, 0.3) is 0 Å². The Balaban J connectivity index is 1.62. The Bertz CT molecular complexity index is 833. The molecule has 0 radical (unpaired) electrons. The van der Waals surface area contributed by atoms with Crippen LogP contribution in [-0.4, -0.2) is 59.3 Å². The zero-order valence-corrected chi connectivity index (χ0v) is 18.1. The molecule has 1 aliphatic heterocycles. The first kappa shape index (κ1) is 20.7. The van der Waals surface area contributed by atoms with Crippen LogP contribution in [0.2, 0.25) is 0 Å². The minimum atomic E-state index is 0.0512. The predicted octanol–water partition coefficient (Wildman–Crippen LogP) is 3.05. The Hall–Kier alpha value is -2.06. The van der Waals surface area contributed by atoms with Crippen molar-refractivity contribution in [3.05, 3.63) is 39.2 Å². The minimum absolute atomic E-state index is 0.0512. The fraction of sp³-hybridized carbons (Fsp3) is 0.500. The lowest BCUT2D eigenvalue weighted by molar-refractivity contribution is -0.130. The Labute approximate surface area is 173 Å². The van der Waals surface area contributed by atoms with E-state index in [0.29, 0.717) is 16.8 Å². The molecule has 3 rings (SSSR count). The second-order valence-electron chi connectivity index (χ2n) is 7.11. The summed E-state index contributed by atoms with van der Waals surface area (Å²) in [5.41, 5.74) is 2.87. The van der Waals surface area contributed by atoms with E-state index < -0.39 is 0 Å². The smallest absolute Gasteiger partial charge is 0.227 e. The van der Waals surface area contributed by atoms with E-state index in [1.54, 1.807) is 12.1 Å². The maximum Gasteiger partial charge on any atom is 0.227 e. The predicted molar refractivity (Wildman–Crippen MR) is 109 cm³/mol. The number of carbonyl (C=O) groups is 1. The van der Waals surface area contributed by atoms with Crippen molar-refractivity contribution in [2.75, 3.05) is 33.3 Å². The van der Waals surface area contributed by atoms with Crippen molar-refractivity contribution < 1.29 is 19.2 Å². The van der Waals surface area contributed by atoms with E-state index >= 15 is 0 Å². The lowest BCUT2D eigenvalue weighted by Gasteiger charge is -2.22. The third-order valence-electron chi connectivity index (χ3n) is 5.19. The molecule has 1 N–H and O–H groups in total. The Morgan fingerprint density at radius 2 is 2.07 bits per heavy atom. The molecule has 0 saturated carbocycles. The van der Waals surface area contributed by atoms with Crippen molar-refractivity contribution >= 4 is 21.8 Å². The first-order chi connectivity index (χ1) is 13.4. The highest BCUT2D eigenvalue weighted by Gasteiger charge is 2.22. The molecular weight excluding hydrogens is 426 g/mol. The maximum atomic E-state index is 12.8. The normalized spacial score (nSPS) is 15.5. The van der Waals surface area contributed by atoms with Crippen LogP contribution in [0.5, 0.6) is 11.5 Å². The summed E-state index contributed by atoms with van der Waals surface area (Å²) in [6.07, 6.45) is 1.19. The fourth-order valence-corrected chi connectivity index (χ4v) is 3.96. The fourth-order valence-electron chi connectivity index (χ4n) is 3.49. The summed E-state index contributed by atoms with van der Waals surface area (Å²) in [4.78, 5) is 17.1. The number of hydrogen-bond acceptors (Lipinski definition) is 6. The number of aryl methyl sites for hydroxylation is 2. The average Bonchev–Trinajstić information content (AvgIpc) is 2.86. The van der Waals surface area contributed by atoms with Crippen LogP contribution < -0.4 is 4.74 Å². The average molecular weight is 452 g/mol. The Morgan fingerprint density at radius 3 is 2.75 bits per heavy atom. The highest BCUT2D eigenvalue weighted by atomic mass is 79.9. The second-order valence-corrected chi connectivity index (χ2v) is 7.96. The molecule has 0 unspecified atom stereocenters. The van der Waals surface area contributed by atoms with E-state index in [1.165, 1.54) is 7.11 Å². The van der Waals surface area contributed by atoms with E-state index in [0.717, 1.165) is 55.2 Å². The number of nitrogens with zero attached hydrogens (tertiary/aromatic N) is 3. The van der Waals surface area contributed by atoms with Gasteiger partial charge in [-0.25, -0.2) is 0 Å². The number of hydrogen-bond donors (Lipinski definition) is 1. The second kappa shape index (κ2) is 8.96. The van der Waals surface area contributed by atoms with Gasteiger partial charge in [-0.2, -0.15) is 0 Å². The summed E-state index contributed by atoms with van der Waals surface area (Å²) >= 11 is 3.43. The molecule has 1 aromatic heterocycles. The van der Waals surface area contributed by atoms with E-state index in [2.05, 4.69) is 26.0 Å². The summed E-state index contributed by atoms with van der Waals surface area (Å²) in [6.45, 7) is 7.87. The number of carbonyl (C=O) groups excluding carboxylic acids is 1. The Kier molecular flexibility index (Phi) is 6.61. The zero-order chi connectivity index (χ0) is 20.3. The van der Waals surface area contributed by atoms with Crippen molar-refractivity contribution in [2.24, 2.45) is 0 Å². The van der Waals surface area contributed by atoms with E-state index in [-0.39, 0.29) is 18.1 Å². The zero-order valence-electron chi connectivity index (χ0n) is 16.5. The van der Waals surface area contributed by atoms with Gasteiger partial charge in [0.25, 0.3) is 0 Å². The number of halogens is 1. The van der Waals surface area contributed by atoms with Gasteiger partial charge in [0, 0.05) is 42.8 Å². The molecule has 1 fully saturated rings. The molecule has 152 valence electrons. The van der Waals surface area contributed by atoms with Crippen molar-refractivity contribution in [3.63, 3.8) is 0 Å². The standard InChI is InChI=1S/C20H26BrN3O4/c1-13-16(14(2)28-22-13)12-23-5-4-6-24(8-7-23)20(26)10-15-9-19(27-3)18(25)11-17(15)21/h9,11,25H,4-8,10,12H2,1-3H3. The quantitative estimate of drug-likeness (QED) is 0.752. The molecule has 1 aromatic carbocycles. The topological polar surface area (TPSA) is 79.0 Å². The summed E-state index contributed by atoms with van der Waals surface area (Å²) in [5, 5.41) is 13.9. The van der Waals surface area contributed by atoms with Gasteiger partial charge in [-0.1, -0.05) is 21.1 Å². The molecule has 0 atom stereocenters. The van der Waals surface area contributed by atoms with E-state index in [4.69, 9.17) is 9.26 Å². The number of phenols is 1. The van der Waals surface area contributed by atoms with Crippen LogP contribution in [0.1, 0.15) is 29.0 Å². The Morgan fingerprint density at radius 1 is 1.29 bits per heavy atom. The van der Waals surface area contributed by atoms with Crippen LogP contribution >= 0.6 is 15.9 Å². The number of phenolic OH excluding ortho intramolecular Hbond substituents is 1. The lowest BCUT2D eigenvalue weighted by Crippen LogP contribution is -2.36. The van der Waals surface area contributed by atoms with E-state index in [1.807, 2.05) is 18.7 Å². The van der Waals surface area contributed by atoms with Gasteiger partial charge in [0.1, 0.15) is 5.76 Å². The van der Waals surface area contributed by atoms with Crippen LogP contribution in [0.15, 0.2) is 21.1 Å². The van der Waals surface area contributed by atoms with Gasteiger partial charge in [-0.15, -0.1) is 0 Å². The van der Waals surface area contributed by atoms with Gasteiger partial charge in [0.15, 0.2) is 11.5 Å². The summed E-state index contributed by atoms with van der Waals surface area (Å²) in [5.74, 6) is 1.36. The molecule has 1 aliphatic rings. The molecule has 2 aromatic rings. The number of benzene rings is 1. The largest absolute Gasteiger partial charge is 0.504 e. The van der Waals surface area contributed by atoms with Crippen molar-refractivity contribution in [1.82, 2.24) is 15.0 Å². The monoisotopic (exact) mass is 451 g/mol. The van der Waals surface area contributed by atoms with Crippen LogP contribution in [0.4, 0.5) is 0 Å². The lowest BCUT2D eigenvalue weighted by atomic mass is 10.1. The number of aromatic nitrogens is 1. The highest BCUT2D eigenvalue weighted by molar-refractivity contribution is 9.10. The summed E-state index contributed by atoms with van der Waals surface area (Å²) in [7, 11) is 1.50. The van der Waals surface area contributed by atoms with Crippen molar-refractivity contribution in [3.8, 4) is 11.5 Å². The SMILES string of the molecule is COc1cc(CC(=O)N2CCCN(Cc3c(C)noc3C)CC2)c(Br)cc1O. The molecule has 7 nitrogen and oxygen atoms in total. The first-order valence-electron chi connectivity index (χ1n) is 9.36. The van der Waals surface area contributed by atoms with Crippen molar-refractivity contribution in [2.45, 2.75) is 33.2 Å². The van der Waals surface area contributed by atoms with Crippen LogP contribution in [0, 0.1) is 13.8 Å². The van der Waals surface area contributed by atoms with Crippen LogP contribution in [-0.2, 0) is 17.8 Å². The number of methoxy groups -OCH3 is 1. The highest BCUT2D eigenvalue weighted by Crippen LogP contribution is 2.32. The molecular formula is C20H26BrN3O4. The molecule has 0 spiro atoms. The molecule has 28 heavy (non-hydrogen) atoms. The number of aromatic hydroxyl groups is 1. The van der Waals surface area contributed by atoms with Crippen molar-refractivity contribution in [1.29, 1.82) is 0 Å². The number of ether oxygens (including phenoxy) is 1. The van der Waals surface area contributed by atoms with E-state index in [9.17, 15) is 9.90 Å². The maximum absolute atomic E-state index is 12.8. The molecule has 0 bridgehead atoms. The molecule has 1 amide bonds. The molecule has 0 aliphatic carbocycles. The van der Waals surface area contributed by atoms with Gasteiger partial charge in [0.2, 0.25) is 5.91 Å². The molecule has 2 heterocycles. The first-order valence-corrected chi connectivity index (χ1v) is 10.2. The van der Waals surface area contributed by atoms with Gasteiger partial charge in [0.05, 0.1) is 19.2 Å². The molecule has 8 heteroatoms. The van der Waals surface area contributed by atoms with Gasteiger partial charge >= 0.3 is 0 Å². The minimum Gasteiger partial charge on any atom is -0.504 e. The third-order valence-corrected chi connectivity index (χ3v) is 5.93. The van der Waals surface area contributed by atoms with Crippen LogP contribution in [0.3, 0.4) is 0 Å². The number of rotatable bonds is 5. The van der Waals surface area contributed by atoms with Gasteiger partial charge < -0.3 is 19.3 Å². The summed E-state index contributed by atoms with van der Waals surface area (Å²) < 4.78 is 11.1. The van der Waals surface area contributed by atoms with Gasteiger partial charge in [-0.3, -0.25) is 9.69 Å². The number of amides is 1. The molecule has 1 saturated heterocycles.